The maximum Gasteiger partial charge on any atom is 0.360 e. The first-order valence-electron chi connectivity index (χ1n) is 12.4. The minimum absolute atomic E-state index is 0.00866. The molecule has 3 aromatic rings. The largest absolute Gasteiger partial charge is 0.464 e. The maximum absolute atomic E-state index is 12.9. The van der Waals surface area contributed by atoms with E-state index in [-0.39, 0.29) is 41.0 Å². The smallest absolute Gasteiger partial charge is 0.360 e. The Bertz CT molecular complexity index is 1350. The van der Waals surface area contributed by atoms with Crippen LogP contribution >= 0.6 is 11.3 Å². The van der Waals surface area contributed by atoms with E-state index in [1.807, 2.05) is 13.8 Å². The molecule has 2 atom stereocenters. The summed E-state index contributed by atoms with van der Waals surface area (Å²) in [6.07, 6.45) is 6.85. The predicted octanol–water partition coefficient (Wildman–Crippen LogP) is 4.69. The van der Waals surface area contributed by atoms with E-state index in [1.54, 1.807) is 19.2 Å². The molecular weight excluding hydrogens is 510 g/mol. The quantitative estimate of drug-likeness (QED) is 0.275. The average molecular weight is 542 g/mol. The van der Waals surface area contributed by atoms with Crippen LogP contribution in [0, 0.1) is 12.8 Å². The van der Waals surface area contributed by atoms with Gasteiger partial charge in [0.1, 0.15) is 28.8 Å². The Labute approximate surface area is 224 Å². The van der Waals surface area contributed by atoms with Crippen molar-refractivity contribution in [3.8, 4) is 11.6 Å². The Kier molecular flexibility index (Phi) is 8.40. The normalized spacial score (nSPS) is 14.7. The molecule has 0 fully saturated rings. The SMILES string of the molecule is COC(=O)c1coc([C@H](C)NC(=O)c2nc(-c3csc([C@@H](NC(=O)CC4=CCCC4)C(C)C)n3)oc2C)n1. The highest BCUT2D eigenvalue weighted by Gasteiger charge is 2.26. The van der Waals surface area contributed by atoms with Crippen molar-refractivity contribution in [2.24, 2.45) is 5.92 Å². The van der Waals surface area contributed by atoms with Crippen LogP contribution in [0.3, 0.4) is 0 Å². The highest BCUT2D eigenvalue weighted by atomic mass is 32.1. The maximum atomic E-state index is 12.9. The summed E-state index contributed by atoms with van der Waals surface area (Å²) >= 11 is 1.40. The van der Waals surface area contributed by atoms with Crippen LogP contribution in [0.2, 0.25) is 0 Å². The molecule has 2 amide bonds. The van der Waals surface area contributed by atoms with Gasteiger partial charge in [-0.3, -0.25) is 9.59 Å². The summed E-state index contributed by atoms with van der Waals surface area (Å²) in [4.78, 5) is 50.2. The van der Waals surface area contributed by atoms with Crippen LogP contribution in [0.15, 0.2) is 32.1 Å². The van der Waals surface area contributed by atoms with E-state index >= 15 is 0 Å². The zero-order valence-electron chi connectivity index (χ0n) is 22.0. The fraction of sp³-hybridized carbons (Fsp3) is 0.462. The molecule has 12 heteroatoms. The Morgan fingerprint density at radius 2 is 1.95 bits per heavy atom. The van der Waals surface area contributed by atoms with Gasteiger partial charge in [-0.2, -0.15) is 0 Å². The van der Waals surface area contributed by atoms with Crippen molar-refractivity contribution in [1.82, 2.24) is 25.6 Å². The van der Waals surface area contributed by atoms with Crippen molar-refractivity contribution in [2.45, 2.75) is 65.5 Å². The Hall–Kier alpha value is -3.80. The summed E-state index contributed by atoms with van der Waals surface area (Å²) < 4.78 is 15.7. The lowest BCUT2D eigenvalue weighted by atomic mass is 10.0. The number of carbonyl (C=O) groups is 3. The molecule has 11 nitrogen and oxygen atoms in total. The molecule has 2 N–H and O–H groups in total. The van der Waals surface area contributed by atoms with Gasteiger partial charge < -0.3 is 24.2 Å². The second-order valence-corrected chi connectivity index (χ2v) is 10.4. The van der Waals surface area contributed by atoms with Gasteiger partial charge in [-0.25, -0.2) is 19.7 Å². The van der Waals surface area contributed by atoms with Crippen molar-refractivity contribution >= 4 is 29.1 Å². The number of aromatic nitrogens is 3. The van der Waals surface area contributed by atoms with E-state index in [9.17, 15) is 14.4 Å². The van der Waals surface area contributed by atoms with Crippen molar-refractivity contribution in [3.63, 3.8) is 0 Å². The number of allylic oxidation sites excluding steroid dienone is 1. The van der Waals surface area contributed by atoms with Crippen LogP contribution in [-0.2, 0) is 9.53 Å². The van der Waals surface area contributed by atoms with E-state index < -0.39 is 17.9 Å². The number of nitrogens with zero attached hydrogens (tertiary/aromatic N) is 3. The summed E-state index contributed by atoms with van der Waals surface area (Å²) in [6.45, 7) is 7.36. The topological polar surface area (TPSA) is 149 Å². The Morgan fingerprint density at radius 1 is 1.16 bits per heavy atom. The summed E-state index contributed by atoms with van der Waals surface area (Å²) in [6, 6.07) is -0.889. The van der Waals surface area contributed by atoms with Crippen LogP contribution in [-0.4, -0.2) is 39.8 Å². The van der Waals surface area contributed by atoms with Gasteiger partial charge in [0.25, 0.3) is 5.91 Å². The third-order valence-corrected chi connectivity index (χ3v) is 7.09. The molecule has 0 unspecified atom stereocenters. The minimum atomic E-state index is -0.637. The zero-order valence-corrected chi connectivity index (χ0v) is 22.8. The van der Waals surface area contributed by atoms with Crippen molar-refractivity contribution in [3.05, 3.63) is 51.3 Å². The summed E-state index contributed by atoms with van der Waals surface area (Å²) in [5.41, 5.74) is 1.77. The van der Waals surface area contributed by atoms with Crippen LogP contribution in [0.1, 0.15) is 96.2 Å². The average Bonchev–Trinajstić information content (AvgIpc) is 3.68. The molecule has 1 aliphatic carbocycles. The van der Waals surface area contributed by atoms with Crippen molar-refractivity contribution in [2.75, 3.05) is 7.11 Å². The standard InChI is InChI=1S/C26H31N5O6S/c1-13(2)20(30-19(32)10-16-8-6-7-9-16)25-29-18(12-38-25)24-31-21(15(4)37-24)22(33)27-14(3)23-28-17(11-36-23)26(34)35-5/h8,11-14,20H,6-7,9-10H2,1-5H3,(H,27,33)(H,30,32)/t14-,20-/m0/s1. The lowest BCUT2D eigenvalue weighted by Gasteiger charge is -2.20. The van der Waals surface area contributed by atoms with Gasteiger partial charge >= 0.3 is 5.97 Å². The molecule has 0 bridgehead atoms. The first kappa shape index (κ1) is 27.2. The van der Waals surface area contributed by atoms with Crippen LogP contribution in [0.25, 0.3) is 11.6 Å². The van der Waals surface area contributed by atoms with Gasteiger partial charge in [0.15, 0.2) is 11.4 Å². The van der Waals surface area contributed by atoms with Gasteiger partial charge in [0.2, 0.25) is 17.7 Å². The molecule has 38 heavy (non-hydrogen) atoms. The molecule has 3 heterocycles. The van der Waals surface area contributed by atoms with Crippen LogP contribution in [0.5, 0.6) is 0 Å². The fourth-order valence-corrected chi connectivity index (χ4v) is 5.11. The second-order valence-electron chi connectivity index (χ2n) is 9.47. The molecule has 0 saturated carbocycles. The van der Waals surface area contributed by atoms with Crippen molar-refractivity contribution < 1.29 is 28.0 Å². The number of carbonyl (C=O) groups excluding carboxylic acids is 3. The number of hydrogen-bond donors (Lipinski definition) is 2. The summed E-state index contributed by atoms with van der Waals surface area (Å²) in [7, 11) is 1.24. The minimum Gasteiger partial charge on any atom is -0.464 e. The lowest BCUT2D eigenvalue weighted by molar-refractivity contribution is -0.121. The van der Waals surface area contributed by atoms with E-state index in [2.05, 4.69) is 36.4 Å². The predicted molar refractivity (Wildman–Crippen MR) is 138 cm³/mol. The Balaban J connectivity index is 1.44. The number of rotatable bonds is 10. The number of nitrogens with one attached hydrogen (secondary N) is 2. The van der Waals surface area contributed by atoms with E-state index in [1.165, 1.54) is 30.3 Å². The van der Waals surface area contributed by atoms with Gasteiger partial charge in [-0.05, 0) is 39.0 Å². The number of oxazole rings is 2. The molecular formula is C26H31N5O6S. The zero-order chi connectivity index (χ0) is 27.4. The third kappa shape index (κ3) is 6.18. The Morgan fingerprint density at radius 3 is 2.63 bits per heavy atom. The number of esters is 1. The van der Waals surface area contributed by atoms with E-state index in [0.717, 1.165) is 24.3 Å². The van der Waals surface area contributed by atoms with E-state index in [4.69, 9.17) is 8.83 Å². The molecule has 202 valence electrons. The van der Waals surface area contributed by atoms with Crippen LogP contribution < -0.4 is 10.6 Å². The van der Waals surface area contributed by atoms with Crippen molar-refractivity contribution in [1.29, 1.82) is 0 Å². The second kappa shape index (κ2) is 11.7. The third-order valence-electron chi connectivity index (χ3n) is 6.16. The number of methoxy groups -OCH3 is 1. The van der Waals surface area contributed by atoms with Gasteiger partial charge in [0.05, 0.1) is 13.2 Å². The molecule has 0 spiro atoms. The molecule has 0 aliphatic heterocycles. The number of thiazole rings is 1. The van der Waals surface area contributed by atoms with E-state index in [0.29, 0.717) is 17.9 Å². The molecule has 3 aromatic heterocycles. The highest BCUT2D eigenvalue weighted by molar-refractivity contribution is 7.10. The number of aryl methyl sites for hydroxylation is 1. The van der Waals surface area contributed by atoms with Crippen LogP contribution in [0.4, 0.5) is 0 Å². The van der Waals surface area contributed by atoms with Gasteiger partial charge in [-0.1, -0.05) is 25.5 Å². The highest BCUT2D eigenvalue weighted by Crippen LogP contribution is 2.30. The number of ether oxygens (including phenoxy) is 1. The van der Waals surface area contributed by atoms with Gasteiger partial charge in [0, 0.05) is 11.8 Å². The summed E-state index contributed by atoms with van der Waals surface area (Å²) in [5.74, 6) is -0.346. The molecule has 0 radical (unpaired) electrons. The first-order chi connectivity index (χ1) is 18.2. The monoisotopic (exact) mass is 541 g/mol. The molecule has 0 aromatic carbocycles. The van der Waals surface area contributed by atoms with Gasteiger partial charge in [-0.15, -0.1) is 11.3 Å². The number of amides is 2. The number of hydrogen-bond acceptors (Lipinski definition) is 10. The molecule has 1 aliphatic rings. The molecule has 4 rings (SSSR count). The first-order valence-corrected chi connectivity index (χ1v) is 13.3. The fourth-order valence-electron chi connectivity index (χ4n) is 4.10. The lowest BCUT2D eigenvalue weighted by Crippen LogP contribution is -2.31. The summed E-state index contributed by atoms with van der Waals surface area (Å²) in [5, 5.41) is 8.40. The molecule has 0 saturated heterocycles.